The number of hydrogen-bond donors (Lipinski definition) is 1. The highest BCUT2D eigenvalue weighted by atomic mass is 35.5. The number of aliphatic hydroxyl groups is 1. The molecule has 1 N–H and O–H groups in total. The van der Waals surface area contributed by atoms with Crippen molar-refractivity contribution in [2.45, 2.75) is 12.8 Å². The van der Waals surface area contributed by atoms with Crippen LogP contribution in [0.1, 0.15) is 12.0 Å². The van der Waals surface area contributed by atoms with Crippen LogP contribution in [0, 0.1) is 0 Å². The Morgan fingerprint density at radius 3 is 2.93 bits per heavy atom. The minimum absolute atomic E-state index is 0.101. The fraction of sp³-hybridized carbons (Fsp3) is 0.333. The van der Waals surface area contributed by atoms with Crippen molar-refractivity contribution < 1.29 is 5.11 Å². The van der Waals surface area contributed by atoms with E-state index in [0.717, 1.165) is 5.56 Å². The Bertz CT molecular complexity index is 483. The molecule has 0 saturated carbocycles. The summed E-state index contributed by atoms with van der Waals surface area (Å²) in [4.78, 5) is 4.15. The van der Waals surface area contributed by atoms with Crippen molar-refractivity contribution >= 4 is 28.8 Å². The van der Waals surface area contributed by atoms with E-state index < -0.39 is 0 Å². The molecule has 80 valence electrons. The van der Waals surface area contributed by atoms with Gasteiger partial charge in [0, 0.05) is 18.2 Å². The first kappa shape index (κ1) is 10.7. The van der Waals surface area contributed by atoms with Crippen molar-refractivity contribution in [3.05, 3.63) is 28.1 Å². The maximum atomic E-state index is 8.75. The molecule has 0 atom stereocenters. The SMILES string of the molecule is OCCCc1c(Cl)nc2ccnn2c1Cl. The molecule has 0 radical (unpaired) electrons. The van der Waals surface area contributed by atoms with Crippen molar-refractivity contribution in [2.24, 2.45) is 0 Å². The minimum atomic E-state index is 0.101. The number of fused-ring (bicyclic) bond motifs is 1. The molecule has 0 aliphatic heterocycles. The maximum Gasteiger partial charge on any atom is 0.158 e. The summed E-state index contributed by atoms with van der Waals surface area (Å²) in [6, 6.07) is 1.73. The topological polar surface area (TPSA) is 50.4 Å². The maximum absolute atomic E-state index is 8.75. The lowest BCUT2D eigenvalue weighted by atomic mass is 10.2. The number of aromatic nitrogens is 3. The summed E-state index contributed by atoms with van der Waals surface area (Å²) < 4.78 is 1.53. The summed E-state index contributed by atoms with van der Waals surface area (Å²) in [5.41, 5.74) is 1.35. The Kier molecular flexibility index (Phi) is 3.09. The van der Waals surface area contributed by atoms with E-state index in [0.29, 0.717) is 28.8 Å². The van der Waals surface area contributed by atoms with Crippen LogP contribution in [0.2, 0.25) is 10.3 Å². The molecule has 0 bridgehead atoms. The van der Waals surface area contributed by atoms with E-state index in [1.54, 1.807) is 12.3 Å². The van der Waals surface area contributed by atoms with Crippen LogP contribution in [-0.4, -0.2) is 26.3 Å². The van der Waals surface area contributed by atoms with Gasteiger partial charge in [-0.2, -0.15) is 5.10 Å². The van der Waals surface area contributed by atoms with Gasteiger partial charge in [0.05, 0.1) is 6.20 Å². The molecule has 0 fully saturated rings. The Morgan fingerprint density at radius 2 is 2.20 bits per heavy atom. The minimum Gasteiger partial charge on any atom is -0.396 e. The molecular formula is C9H9Cl2N3O. The zero-order valence-electron chi connectivity index (χ0n) is 7.82. The quantitative estimate of drug-likeness (QED) is 0.842. The van der Waals surface area contributed by atoms with Gasteiger partial charge in [0.2, 0.25) is 0 Å². The van der Waals surface area contributed by atoms with Crippen molar-refractivity contribution in [3.8, 4) is 0 Å². The van der Waals surface area contributed by atoms with Crippen LogP contribution in [0.4, 0.5) is 0 Å². The fourth-order valence-corrected chi connectivity index (χ4v) is 2.01. The standard InChI is InChI=1S/C9H9Cl2N3O/c10-8-6(2-1-5-15)9(11)14-7(13-8)3-4-12-14/h3-4,15H,1-2,5H2. The first-order chi connectivity index (χ1) is 7.24. The number of aliphatic hydroxyl groups excluding tert-OH is 1. The highest BCUT2D eigenvalue weighted by Crippen LogP contribution is 2.24. The Morgan fingerprint density at radius 1 is 1.40 bits per heavy atom. The van der Waals surface area contributed by atoms with Gasteiger partial charge in [-0.1, -0.05) is 23.2 Å². The van der Waals surface area contributed by atoms with E-state index in [4.69, 9.17) is 28.3 Å². The Labute approximate surface area is 96.5 Å². The molecule has 2 heterocycles. The zero-order valence-corrected chi connectivity index (χ0v) is 9.33. The van der Waals surface area contributed by atoms with E-state index in [-0.39, 0.29) is 6.61 Å². The van der Waals surface area contributed by atoms with Gasteiger partial charge in [0.25, 0.3) is 0 Å². The second-order valence-electron chi connectivity index (χ2n) is 3.10. The van der Waals surface area contributed by atoms with E-state index in [1.807, 2.05) is 0 Å². The first-order valence-corrected chi connectivity index (χ1v) is 5.28. The van der Waals surface area contributed by atoms with Crippen LogP contribution in [-0.2, 0) is 6.42 Å². The summed E-state index contributed by atoms with van der Waals surface area (Å²) >= 11 is 12.1. The summed E-state index contributed by atoms with van der Waals surface area (Å²) in [5.74, 6) is 0. The number of hydrogen-bond acceptors (Lipinski definition) is 3. The first-order valence-electron chi connectivity index (χ1n) is 4.52. The van der Waals surface area contributed by atoms with Crippen LogP contribution < -0.4 is 0 Å². The fourth-order valence-electron chi connectivity index (χ4n) is 1.38. The molecule has 2 rings (SSSR count). The summed E-state index contributed by atoms with van der Waals surface area (Å²) in [6.07, 6.45) is 2.81. The molecule has 0 saturated heterocycles. The summed E-state index contributed by atoms with van der Waals surface area (Å²) in [6.45, 7) is 0.101. The third-order valence-corrected chi connectivity index (χ3v) is 2.81. The normalized spacial score (nSPS) is 11.1. The predicted octanol–water partition coefficient (Wildman–Crippen LogP) is 1.96. The molecule has 0 unspecified atom stereocenters. The molecule has 0 amide bonds. The van der Waals surface area contributed by atoms with E-state index >= 15 is 0 Å². The van der Waals surface area contributed by atoms with Crippen molar-refractivity contribution in [1.29, 1.82) is 0 Å². The van der Waals surface area contributed by atoms with Crippen molar-refractivity contribution in [1.82, 2.24) is 14.6 Å². The largest absolute Gasteiger partial charge is 0.396 e. The van der Waals surface area contributed by atoms with Crippen LogP contribution in [0.25, 0.3) is 5.65 Å². The van der Waals surface area contributed by atoms with Crippen LogP contribution >= 0.6 is 23.2 Å². The molecule has 4 nitrogen and oxygen atoms in total. The van der Waals surface area contributed by atoms with Crippen LogP contribution in [0.3, 0.4) is 0 Å². The van der Waals surface area contributed by atoms with E-state index in [9.17, 15) is 0 Å². The number of rotatable bonds is 3. The molecule has 6 heteroatoms. The highest BCUT2D eigenvalue weighted by molar-refractivity contribution is 6.34. The van der Waals surface area contributed by atoms with E-state index in [2.05, 4.69) is 10.1 Å². The predicted molar refractivity (Wildman–Crippen MR) is 58.4 cm³/mol. The average molecular weight is 246 g/mol. The molecule has 2 aromatic heterocycles. The van der Waals surface area contributed by atoms with Crippen molar-refractivity contribution in [2.75, 3.05) is 6.61 Å². The van der Waals surface area contributed by atoms with Gasteiger partial charge in [-0.15, -0.1) is 0 Å². The molecule has 0 spiro atoms. The Balaban J connectivity index is 2.52. The van der Waals surface area contributed by atoms with Gasteiger partial charge < -0.3 is 5.11 Å². The Hall–Kier alpha value is -0.840. The summed E-state index contributed by atoms with van der Waals surface area (Å²) in [5, 5.41) is 13.6. The second-order valence-corrected chi connectivity index (χ2v) is 3.82. The van der Waals surface area contributed by atoms with Gasteiger partial charge in [0.1, 0.15) is 10.3 Å². The zero-order chi connectivity index (χ0) is 10.8. The van der Waals surface area contributed by atoms with Crippen molar-refractivity contribution in [3.63, 3.8) is 0 Å². The molecule has 2 aromatic rings. The lowest BCUT2D eigenvalue weighted by molar-refractivity contribution is 0.288. The molecular weight excluding hydrogens is 237 g/mol. The van der Waals surface area contributed by atoms with Crippen LogP contribution in [0.15, 0.2) is 12.3 Å². The highest BCUT2D eigenvalue weighted by Gasteiger charge is 2.12. The van der Waals surface area contributed by atoms with E-state index in [1.165, 1.54) is 4.52 Å². The molecule has 0 aliphatic rings. The van der Waals surface area contributed by atoms with Crippen LogP contribution in [0.5, 0.6) is 0 Å². The van der Waals surface area contributed by atoms with Gasteiger partial charge >= 0.3 is 0 Å². The van der Waals surface area contributed by atoms with Gasteiger partial charge in [-0.3, -0.25) is 0 Å². The van der Waals surface area contributed by atoms with Gasteiger partial charge in [0.15, 0.2) is 5.65 Å². The molecule has 0 aromatic carbocycles. The smallest absolute Gasteiger partial charge is 0.158 e. The lowest BCUT2D eigenvalue weighted by Gasteiger charge is -2.06. The third kappa shape index (κ3) is 1.93. The van der Waals surface area contributed by atoms with Gasteiger partial charge in [-0.05, 0) is 12.8 Å². The van der Waals surface area contributed by atoms with Gasteiger partial charge in [-0.25, -0.2) is 9.50 Å². The second kappa shape index (κ2) is 4.35. The number of halogens is 2. The lowest BCUT2D eigenvalue weighted by Crippen LogP contribution is -2.01. The monoisotopic (exact) mass is 245 g/mol. The third-order valence-electron chi connectivity index (χ3n) is 2.10. The summed E-state index contributed by atoms with van der Waals surface area (Å²) in [7, 11) is 0. The number of nitrogens with zero attached hydrogens (tertiary/aromatic N) is 3. The molecule has 0 aliphatic carbocycles. The molecule has 15 heavy (non-hydrogen) atoms. The average Bonchev–Trinajstić information content (AvgIpc) is 2.65.